The van der Waals surface area contributed by atoms with E-state index in [0.29, 0.717) is 0 Å². The van der Waals surface area contributed by atoms with Crippen LogP contribution in [0.1, 0.15) is 32.1 Å². The molecule has 1 saturated carbocycles. The maximum atomic E-state index is 11.3. The van der Waals surface area contributed by atoms with Crippen LogP contribution in [0.4, 0.5) is 0 Å². The first-order valence-corrected chi connectivity index (χ1v) is 6.31. The number of nitrogens with zero attached hydrogens (tertiary/aromatic N) is 2. The third-order valence-corrected chi connectivity index (χ3v) is 3.82. The number of hydrogen-bond acceptors (Lipinski definition) is 2. The molecule has 0 spiro atoms. The second-order valence-electron chi connectivity index (χ2n) is 4.76. The number of amides is 1. The minimum atomic E-state index is -0.150. The molecule has 1 heterocycles. The summed E-state index contributed by atoms with van der Waals surface area (Å²) in [6, 6.07) is 0.761. The van der Waals surface area contributed by atoms with Gasteiger partial charge < -0.3 is 4.90 Å². The van der Waals surface area contributed by atoms with Crippen LogP contribution in [-0.2, 0) is 4.79 Å². The van der Waals surface area contributed by atoms with Crippen LogP contribution in [0.25, 0.3) is 0 Å². The molecule has 0 aromatic rings. The van der Waals surface area contributed by atoms with Gasteiger partial charge in [-0.25, -0.2) is 0 Å². The summed E-state index contributed by atoms with van der Waals surface area (Å²) in [5.74, 6) is 2.05. The van der Waals surface area contributed by atoms with E-state index in [1.807, 2.05) is 0 Å². The Kier molecular flexibility index (Phi) is 3.84. The summed E-state index contributed by atoms with van der Waals surface area (Å²) in [6.45, 7) is 3.61. The van der Waals surface area contributed by atoms with Crippen LogP contribution in [-0.4, -0.2) is 47.9 Å². The molecule has 0 unspecified atom stereocenters. The predicted octanol–water partition coefficient (Wildman–Crippen LogP) is 1.10. The van der Waals surface area contributed by atoms with Crippen LogP contribution in [0.3, 0.4) is 0 Å². The maximum Gasteiger partial charge on any atom is 0.298 e. The molecule has 0 N–H and O–H groups in total. The molecule has 0 aromatic carbocycles. The fraction of sp³-hybridized carbons (Fsp3) is 0.769. The van der Waals surface area contributed by atoms with Crippen molar-refractivity contribution in [1.82, 2.24) is 9.80 Å². The van der Waals surface area contributed by atoms with Gasteiger partial charge in [0.25, 0.3) is 5.91 Å². The van der Waals surface area contributed by atoms with Gasteiger partial charge in [0.2, 0.25) is 0 Å². The summed E-state index contributed by atoms with van der Waals surface area (Å²) in [7, 11) is 0. The zero-order valence-corrected chi connectivity index (χ0v) is 9.82. The molecule has 1 amide bonds. The van der Waals surface area contributed by atoms with E-state index in [1.54, 1.807) is 4.90 Å². The van der Waals surface area contributed by atoms with E-state index >= 15 is 0 Å². The fourth-order valence-corrected chi connectivity index (χ4v) is 2.83. The first-order chi connectivity index (χ1) is 7.81. The van der Waals surface area contributed by atoms with Gasteiger partial charge in [-0.3, -0.25) is 9.69 Å². The van der Waals surface area contributed by atoms with Gasteiger partial charge in [-0.05, 0) is 18.8 Å². The number of carbonyl (C=O) groups is 1. The molecular weight excluding hydrogens is 200 g/mol. The Balaban J connectivity index is 1.80. The summed E-state index contributed by atoms with van der Waals surface area (Å²) in [5.41, 5.74) is 0. The third kappa shape index (κ3) is 2.56. The van der Waals surface area contributed by atoms with Crippen molar-refractivity contribution in [1.29, 1.82) is 0 Å². The van der Waals surface area contributed by atoms with Crippen LogP contribution in [0.2, 0.25) is 0 Å². The molecule has 1 aliphatic heterocycles. The largest absolute Gasteiger partial charge is 0.329 e. The van der Waals surface area contributed by atoms with Crippen LogP contribution in [0, 0.1) is 12.3 Å². The molecule has 88 valence electrons. The van der Waals surface area contributed by atoms with Crippen molar-refractivity contribution in [2.24, 2.45) is 0 Å². The summed E-state index contributed by atoms with van der Waals surface area (Å²) < 4.78 is 0. The molecule has 2 fully saturated rings. The quantitative estimate of drug-likeness (QED) is 0.618. The lowest BCUT2D eigenvalue weighted by atomic mass is 9.94. The highest BCUT2D eigenvalue weighted by molar-refractivity contribution is 5.92. The summed E-state index contributed by atoms with van der Waals surface area (Å²) in [6.07, 6.45) is 11.9. The van der Waals surface area contributed by atoms with Gasteiger partial charge >= 0.3 is 0 Å². The minimum absolute atomic E-state index is 0.150. The van der Waals surface area contributed by atoms with Crippen LogP contribution in [0.15, 0.2) is 0 Å². The molecule has 1 aliphatic carbocycles. The molecular formula is C13H20N2O. The Morgan fingerprint density at radius 2 is 1.69 bits per heavy atom. The van der Waals surface area contributed by atoms with Crippen molar-refractivity contribution < 1.29 is 4.79 Å². The molecule has 2 rings (SSSR count). The topological polar surface area (TPSA) is 23.6 Å². The first kappa shape index (κ1) is 11.5. The lowest BCUT2D eigenvalue weighted by Crippen LogP contribution is -2.52. The Morgan fingerprint density at radius 1 is 1.06 bits per heavy atom. The van der Waals surface area contributed by atoms with Crippen molar-refractivity contribution in [3.8, 4) is 12.3 Å². The molecule has 0 radical (unpaired) electrons. The first-order valence-electron chi connectivity index (χ1n) is 6.31. The highest BCUT2D eigenvalue weighted by Gasteiger charge is 2.26. The van der Waals surface area contributed by atoms with Crippen molar-refractivity contribution in [3.05, 3.63) is 0 Å². The molecule has 3 heteroatoms. The minimum Gasteiger partial charge on any atom is -0.329 e. The summed E-state index contributed by atoms with van der Waals surface area (Å²) in [4.78, 5) is 15.7. The van der Waals surface area contributed by atoms with Crippen LogP contribution >= 0.6 is 0 Å². The van der Waals surface area contributed by atoms with Gasteiger partial charge in [-0.15, -0.1) is 6.42 Å². The Labute approximate surface area is 97.8 Å². The number of rotatable bonds is 1. The van der Waals surface area contributed by atoms with E-state index in [9.17, 15) is 4.79 Å². The van der Waals surface area contributed by atoms with Crippen molar-refractivity contribution >= 4 is 5.91 Å². The van der Waals surface area contributed by atoms with Gasteiger partial charge in [-0.2, -0.15) is 0 Å². The van der Waals surface area contributed by atoms with Gasteiger partial charge in [0.05, 0.1) is 0 Å². The molecule has 0 atom stereocenters. The predicted molar refractivity (Wildman–Crippen MR) is 63.9 cm³/mol. The molecule has 3 nitrogen and oxygen atoms in total. The van der Waals surface area contributed by atoms with Gasteiger partial charge in [-0.1, -0.05) is 19.3 Å². The molecule has 2 aliphatic rings. The van der Waals surface area contributed by atoms with E-state index in [0.717, 1.165) is 32.2 Å². The Hall–Kier alpha value is -1.01. The van der Waals surface area contributed by atoms with E-state index < -0.39 is 0 Å². The zero-order valence-electron chi connectivity index (χ0n) is 9.82. The second kappa shape index (κ2) is 5.36. The second-order valence-corrected chi connectivity index (χ2v) is 4.76. The molecule has 16 heavy (non-hydrogen) atoms. The van der Waals surface area contributed by atoms with E-state index in [4.69, 9.17) is 6.42 Å². The summed E-state index contributed by atoms with van der Waals surface area (Å²) in [5, 5.41) is 0. The lowest BCUT2D eigenvalue weighted by molar-refractivity contribution is -0.127. The van der Waals surface area contributed by atoms with Crippen molar-refractivity contribution in [2.75, 3.05) is 26.2 Å². The SMILES string of the molecule is C#CC(=O)N1CCN(C2CCCCC2)CC1. The van der Waals surface area contributed by atoms with E-state index in [1.165, 1.54) is 32.1 Å². The van der Waals surface area contributed by atoms with Crippen LogP contribution in [0.5, 0.6) is 0 Å². The highest BCUT2D eigenvalue weighted by Crippen LogP contribution is 2.23. The zero-order chi connectivity index (χ0) is 11.4. The summed E-state index contributed by atoms with van der Waals surface area (Å²) >= 11 is 0. The number of hydrogen-bond donors (Lipinski definition) is 0. The average molecular weight is 220 g/mol. The maximum absolute atomic E-state index is 11.3. The van der Waals surface area contributed by atoms with Crippen molar-refractivity contribution in [2.45, 2.75) is 38.1 Å². The Morgan fingerprint density at radius 3 is 2.25 bits per heavy atom. The smallest absolute Gasteiger partial charge is 0.298 e. The van der Waals surface area contributed by atoms with Gasteiger partial charge in [0.1, 0.15) is 0 Å². The average Bonchev–Trinajstić information content (AvgIpc) is 2.39. The van der Waals surface area contributed by atoms with E-state index in [-0.39, 0.29) is 5.91 Å². The van der Waals surface area contributed by atoms with Crippen molar-refractivity contribution in [3.63, 3.8) is 0 Å². The lowest BCUT2D eigenvalue weighted by Gasteiger charge is -2.40. The number of terminal acetylenes is 1. The highest BCUT2D eigenvalue weighted by atomic mass is 16.2. The monoisotopic (exact) mass is 220 g/mol. The number of carbonyl (C=O) groups excluding carboxylic acids is 1. The van der Waals surface area contributed by atoms with Crippen LogP contribution < -0.4 is 0 Å². The normalized spacial score (nSPS) is 24.1. The number of piperazine rings is 1. The van der Waals surface area contributed by atoms with Gasteiger partial charge in [0.15, 0.2) is 0 Å². The standard InChI is InChI=1S/C13H20N2O/c1-2-13(16)15-10-8-14(9-11-15)12-6-4-3-5-7-12/h1,12H,3-11H2. The van der Waals surface area contributed by atoms with Gasteiger partial charge in [0, 0.05) is 32.2 Å². The molecule has 0 bridgehead atoms. The molecule has 1 saturated heterocycles. The molecule has 0 aromatic heterocycles. The fourth-order valence-electron chi connectivity index (χ4n) is 2.83. The third-order valence-electron chi connectivity index (χ3n) is 3.82. The van der Waals surface area contributed by atoms with E-state index in [2.05, 4.69) is 10.8 Å². The Bertz CT molecular complexity index is 281.